The van der Waals surface area contributed by atoms with Gasteiger partial charge in [0.2, 0.25) is 5.82 Å². The first-order valence-electron chi connectivity index (χ1n) is 5.98. The lowest BCUT2D eigenvalue weighted by molar-refractivity contribution is -0.137. The molecule has 0 aliphatic heterocycles. The van der Waals surface area contributed by atoms with Crippen molar-refractivity contribution >= 4 is 0 Å². The van der Waals surface area contributed by atoms with Crippen LogP contribution in [0.5, 0.6) is 0 Å². The van der Waals surface area contributed by atoms with Crippen molar-refractivity contribution in [3.63, 3.8) is 0 Å². The normalized spacial score (nSPS) is 12.1. The van der Waals surface area contributed by atoms with Gasteiger partial charge in [-0.15, -0.1) is 0 Å². The van der Waals surface area contributed by atoms with Crippen LogP contribution in [0.15, 0.2) is 18.2 Å². The Balaban J connectivity index is 3.03. The van der Waals surface area contributed by atoms with Crippen molar-refractivity contribution in [3.8, 4) is 11.1 Å². The molecular formula is C14H4F10. The molecule has 0 nitrogen and oxygen atoms in total. The van der Waals surface area contributed by atoms with Crippen LogP contribution in [-0.4, -0.2) is 0 Å². The predicted octanol–water partition coefficient (Wildman–Crippen LogP) is 6.01. The quantitative estimate of drug-likeness (QED) is 0.349. The lowest BCUT2D eigenvalue weighted by Crippen LogP contribution is -2.13. The van der Waals surface area contributed by atoms with Crippen molar-refractivity contribution < 1.29 is 43.9 Å². The van der Waals surface area contributed by atoms with Gasteiger partial charge < -0.3 is 0 Å². The number of halogens is 10. The summed E-state index contributed by atoms with van der Waals surface area (Å²) in [5.41, 5.74) is -7.33. The van der Waals surface area contributed by atoms with Crippen LogP contribution in [0.3, 0.4) is 0 Å². The number of hydrogen-bond donors (Lipinski definition) is 0. The summed E-state index contributed by atoms with van der Waals surface area (Å²) in [7, 11) is 0. The average molecular weight is 362 g/mol. The van der Waals surface area contributed by atoms with E-state index in [0.717, 1.165) is 0 Å². The molecule has 0 amide bonds. The minimum Gasteiger partial charge on any atom is -0.205 e. The van der Waals surface area contributed by atoms with Crippen LogP contribution in [0.2, 0.25) is 0 Å². The number of benzene rings is 2. The van der Waals surface area contributed by atoms with Gasteiger partial charge in [0, 0.05) is 11.1 Å². The molecule has 0 atom stereocenters. The standard InChI is InChI=1S/C14H4F10/c15-8-7(9(16)11(18)12(19)10(8)17)6-4(13(20)21)2-1-3-5(6)14(22,23)24/h1-3,13H. The van der Waals surface area contributed by atoms with Gasteiger partial charge in [-0.1, -0.05) is 12.1 Å². The Morgan fingerprint density at radius 3 is 1.54 bits per heavy atom. The van der Waals surface area contributed by atoms with Crippen molar-refractivity contribution in [1.29, 1.82) is 0 Å². The van der Waals surface area contributed by atoms with E-state index >= 15 is 0 Å². The van der Waals surface area contributed by atoms with E-state index in [-0.39, 0.29) is 6.07 Å². The molecule has 0 bridgehead atoms. The van der Waals surface area contributed by atoms with E-state index in [2.05, 4.69) is 0 Å². The van der Waals surface area contributed by atoms with Gasteiger partial charge in [0.05, 0.1) is 11.1 Å². The van der Waals surface area contributed by atoms with E-state index in [0.29, 0.717) is 12.1 Å². The molecular weight excluding hydrogens is 358 g/mol. The minimum absolute atomic E-state index is 0.194. The summed E-state index contributed by atoms with van der Waals surface area (Å²) < 4.78 is 132. The van der Waals surface area contributed by atoms with Gasteiger partial charge in [-0.05, 0) is 6.07 Å². The Hall–Kier alpha value is -2.26. The third-order valence-electron chi connectivity index (χ3n) is 3.10. The Labute approximate surface area is 127 Å². The zero-order chi connectivity index (χ0) is 18.4. The Morgan fingerprint density at radius 1 is 0.667 bits per heavy atom. The molecule has 0 aliphatic carbocycles. The maximum atomic E-state index is 13.8. The van der Waals surface area contributed by atoms with Crippen LogP contribution in [0.1, 0.15) is 17.6 Å². The van der Waals surface area contributed by atoms with Gasteiger partial charge >= 0.3 is 6.18 Å². The highest BCUT2D eigenvalue weighted by Crippen LogP contribution is 2.44. The highest BCUT2D eigenvalue weighted by Gasteiger charge is 2.39. The first-order valence-corrected chi connectivity index (χ1v) is 5.98. The second-order valence-electron chi connectivity index (χ2n) is 4.51. The van der Waals surface area contributed by atoms with Crippen molar-refractivity contribution in [2.45, 2.75) is 12.6 Å². The van der Waals surface area contributed by atoms with Crippen LogP contribution < -0.4 is 0 Å². The topological polar surface area (TPSA) is 0 Å². The predicted molar refractivity (Wildman–Crippen MR) is 61.6 cm³/mol. The fraction of sp³-hybridized carbons (Fsp3) is 0.143. The summed E-state index contributed by atoms with van der Waals surface area (Å²) >= 11 is 0. The molecule has 130 valence electrons. The van der Waals surface area contributed by atoms with Crippen molar-refractivity contribution in [1.82, 2.24) is 0 Å². The Bertz CT molecular complexity index is 762. The Morgan fingerprint density at radius 2 is 1.12 bits per heavy atom. The summed E-state index contributed by atoms with van der Waals surface area (Å²) in [6.45, 7) is 0. The SMILES string of the molecule is Fc1c(F)c(F)c(-c2c(C(F)F)cccc2C(F)(F)F)c(F)c1F. The number of hydrogen-bond acceptors (Lipinski definition) is 0. The van der Waals surface area contributed by atoms with Gasteiger partial charge in [-0.2, -0.15) is 13.2 Å². The van der Waals surface area contributed by atoms with Crippen LogP contribution in [0.25, 0.3) is 11.1 Å². The van der Waals surface area contributed by atoms with Gasteiger partial charge in [-0.3, -0.25) is 0 Å². The van der Waals surface area contributed by atoms with E-state index < -0.39 is 63.9 Å². The maximum absolute atomic E-state index is 13.8. The third-order valence-corrected chi connectivity index (χ3v) is 3.10. The third kappa shape index (κ3) is 2.80. The van der Waals surface area contributed by atoms with E-state index in [4.69, 9.17) is 0 Å². The lowest BCUT2D eigenvalue weighted by Gasteiger charge is -2.18. The highest BCUT2D eigenvalue weighted by atomic mass is 19.4. The second kappa shape index (κ2) is 5.99. The molecule has 0 unspecified atom stereocenters. The molecule has 10 heteroatoms. The summed E-state index contributed by atoms with van der Waals surface area (Å²) in [5, 5.41) is 0. The molecule has 0 aromatic heterocycles. The summed E-state index contributed by atoms with van der Waals surface area (Å²) in [4.78, 5) is 0. The molecule has 0 saturated heterocycles. The molecule has 0 spiro atoms. The van der Waals surface area contributed by atoms with E-state index in [1.54, 1.807) is 0 Å². The fourth-order valence-electron chi connectivity index (χ4n) is 2.09. The second-order valence-corrected chi connectivity index (χ2v) is 4.51. The first-order chi connectivity index (χ1) is 11.0. The summed E-state index contributed by atoms with van der Waals surface area (Å²) in [6.07, 6.45) is -9.03. The van der Waals surface area contributed by atoms with E-state index in [9.17, 15) is 43.9 Å². The van der Waals surface area contributed by atoms with Crippen LogP contribution in [0.4, 0.5) is 43.9 Å². The van der Waals surface area contributed by atoms with Crippen molar-refractivity contribution in [2.24, 2.45) is 0 Å². The van der Waals surface area contributed by atoms with E-state index in [1.165, 1.54) is 0 Å². The van der Waals surface area contributed by atoms with Crippen molar-refractivity contribution in [3.05, 3.63) is 58.4 Å². The smallest absolute Gasteiger partial charge is 0.205 e. The summed E-state index contributed by atoms with van der Waals surface area (Å²) in [5.74, 6) is -13.0. The van der Waals surface area contributed by atoms with Gasteiger partial charge in [0.1, 0.15) is 0 Å². The van der Waals surface area contributed by atoms with Crippen molar-refractivity contribution in [2.75, 3.05) is 0 Å². The van der Waals surface area contributed by atoms with Crippen LogP contribution in [-0.2, 0) is 6.18 Å². The molecule has 0 radical (unpaired) electrons. The van der Waals surface area contributed by atoms with E-state index in [1.807, 2.05) is 0 Å². The zero-order valence-corrected chi connectivity index (χ0v) is 11.1. The Kier molecular flexibility index (Phi) is 4.51. The largest absolute Gasteiger partial charge is 0.417 e. The minimum atomic E-state index is -5.37. The van der Waals surface area contributed by atoms with Gasteiger partial charge in [0.25, 0.3) is 6.43 Å². The maximum Gasteiger partial charge on any atom is 0.417 e. The zero-order valence-electron chi connectivity index (χ0n) is 11.1. The molecule has 0 saturated carbocycles. The first kappa shape index (κ1) is 18.1. The molecule has 0 heterocycles. The van der Waals surface area contributed by atoms with Crippen LogP contribution in [0, 0.1) is 29.1 Å². The van der Waals surface area contributed by atoms with Crippen LogP contribution >= 0.6 is 0 Å². The molecule has 0 aliphatic rings. The molecule has 0 N–H and O–H groups in total. The van der Waals surface area contributed by atoms with Gasteiger partial charge in [0.15, 0.2) is 23.3 Å². The molecule has 0 fully saturated rings. The monoisotopic (exact) mass is 362 g/mol. The average Bonchev–Trinajstić information content (AvgIpc) is 2.50. The molecule has 2 aromatic rings. The molecule has 24 heavy (non-hydrogen) atoms. The fourth-order valence-corrected chi connectivity index (χ4v) is 2.09. The highest BCUT2D eigenvalue weighted by molar-refractivity contribution is 5.73. The lowest BCUT2D eigenvalue weighted by atomic mass is 9.92. The molecule has 2 aromatic carbocycles. The molecule has 2 rings (SSSR count). The van der Waals surface area contributed by atoms with Gasteiger partial charge in [-0.25, -0.2) is 30.7 Å². The number of rotatable bonds is 2. The number of alkyl halides is 5. The summed E-state index contributed by atoms with van der Waals surface area (Å²) in [6, 6.07) is 1.12.